The van der Waals surface area contributed by atoms with Crippen LogP contribution >= 0.6 is 0 Å². The standard InChI is InChI=1S/C14H20O3/c1-17-14(16)11-6-4-2-3-5-8-12-9-7-10-13(12)15/h3,5,9H,2,4,6-8,10-11H2,1H3. The Morgan fingerprint density at radius 2 is 2.24 bits per heavy atom. The number of rotatable bonds is 7. The second-order valence-electron chi connectivity index (χ2n) is 4.19. The normalized spacial score (nSPS) is 15.4. The molecule has 0 aromatic heterocycles. The van der Waals surface area contributed by atoms with Gasteiger partial charge in [-0.25, -0.2) is 0 Å². The van der Waals surface area contributed by atoms with Gasteiger partial charge in [0.2, 0.25) is 0 Å². The zero-order valence-electron chi connectivity index (χ0n) is 10.4. The molecule has 0 spiro atoms. The molecule has 1 rings (SSSR count). The number of carbonyl (C=O) groups is 2. The van der Waals surface area contributed by atoms with Crippen LogP contribution < -0.4 is 0 Å². The van der Waals surface area contributed by atoms with E-state index in [2.05, 4.69) is 10.8 Å². The van der Waals surface area contributed by atoms with Crippen molar-refractivity contribution in [3.05, 3.63) is 23.8 Å². The van der Waals surface area contributed by atoms with Crippen LogP contribution in [0.15, 0.2) is 23.8 Å². The maximum atomic E-state index is 11.3. The van der Waals surface area contributed by atoms with Crippen molar-refractivity contribution in [2.24, 2.45) is 0 Å². The molecule has 0 saturated heterocycles. The fraction of sp³-hybridized carbons (Fsp3) is 0.571. The van der Waals surface area contributed by atoms with Gasteiger partial charge in [-0.3, -0.25) is 9.59 Å². The maximum Gasteiger partial charge on any atom is 0.305 e. The maximum absolute atomic E-state index is 11.3. The molecule has 17 heavy (non-hydrogen) atoms. The summed E-state index contributed by atoms with van der Waals surface area (Å²) in [6.07, 6.45) is 11.8. The number of hydrogen-bond donors (Lipinski definition) is 0. The zero-order valence-corrected chi connectivity index (χ0v) is 10.4. The summed E-state index contributed by atoms with van der Waals surface area (Å²) in [4.78, 5) is 22.1. The highest BCUT2D eigenvalue weighted by molar-refractivity contribution is 5.97. The van der Waals surface area contributed by atoms with Gasteiger partial charge in [-0.05, 0) is 37.7 Å². The van der Waals surface area contributed by atoms with E-state index in [-0.39, 0.29) is 5.97 Å². The number of unbranched alkanes of at least 4 members (excludes halogenated alkanes) is 2. The summed E-state index contributed by atoms with van der Waals surface area (Å²) >= 11 is 0. The van der Waals surface area contributed by atoms with Crippen LogP contribution in [-0.2, 0) is 14.3 Å². The van der Waals surface area contributed by atoms with E-state index in [1.54, 1.807) is 0 Å². The van der Waals surface area contributed by atoms with Gasteiger partial charge in [-0.2, -0.15) is 0 Å². The number of esters is 1. The van der Waals surface area contributed by atoms with Crippen LogP contribution in [0.2, 0.25) is 0 Å². The van der Waals surface area contributed by atoms with Gasteiger partial charge in [0.1, 0.15) is 0 Å². The van der Waals surface area contributed by atoms with Crippen LogP contribution in [0, 0.1) is 0 Å². The van der Waals surface area contributed by atoms with Gasteiger partial charge in [0.05, 0.1) is 7.11 Å². The number of Topliss-reactive ketones (excluding diaryl/α,β-unsaturated/α-hetero) is 1. The minimum atomic E-state index is -0.143. The third kappa shape index (κ3) is 5.48. The van der Waals surface area contributed by atoms with Crippen molar-refractivity contribution >= 4 is 11.8 Å². The molecule has 0 saturated carbocycles. The van der Waals surface area contributed by atoms with Gasteiger partial charge in [0.15, 0.2) is 5.78 Å². The van der Waals surface area contributed by atoms with Crippen molar-refractivity contribution in [3.8, 4) is 0 Å². The topological polar surface area (TPSA) is 43.4 Å². The summed E-state index contributed by atoms with van der Waals surface area (Å²) in [5, 5.41) is 0. The number of ether oxygens (including phenoxy) is 1. The molecule has 0 aromatic carbocycles. The fourth-order valence-corrected chi connectivity index (χ4v) is 1.81. The van der Waals surface area contributed by atoms with Crippen LogP contribution in [0.4, 0.5) is 0 Å². The predicted molar refractivity (Wildman–Crippen MR) is 66.6 cm³/mol. The Morgan fingerprint density at radius 1 is 1.41 bits per heavy atom. The van der Waals surface area contributed by atoms with E-state index in [4.69, 9.17) is 0 Å². The Bertz CT molecular complexity index is 326. The van der Waals surface area contributed by atoms with Crippen molar-refractivity contribution in [3.63, 3.8) is 0 Å². The van der Waals surface area contributed by atoms with E-state index in [9.17, 15) is 9.59 Å². The highest BCUT2D eigenvalue weighted by atomic mass is 16.5. The van der Waals surface area contributed by atoms with E-state index < -0.39 is 0 Å². The molecule has 0 N–H and O–H groups in total. The average molecular weight is 236 g/mol. The van der Waals surface area contributed by atoms with Gasteiger partial charge in [-0.1, -0.05) is 18.2 Å². The summed E-state index contributed by atoms with van der Waals surface area (Å²) in [5.74, 6) is 0.149. The first-order valence-electron chi connectivity index (χ1n) is 6.18. The van der Waals surface area contributed by atoms with Crippen molar-refractivity contribution < 1.29 is 14.3 Å². The van der Waals surface area contributed by atoms with Crippen molar-refractivity contribution in [1.82, 2.24) is 0 Å². The third-order valence-electron chi connectivity index (χ3n) is 2.85. The Labute approximate surface area is 103 Å². The van der Waals surface area contributed by atoms with E-state index in [0.29, 0.717) is 18.6 Å². The van der Waals surface area contributed by atoms with E-state index in [1.807, 2.05) is 12.2 Å². The van der Waals surface area contributed by atoms with Crippen LogP contribution in [0.3, 0.4) is 0 Å². The SMILES string of the molecule is COC(=O)CCCCC=CCC1=CCCC1=O. The largest absolute Gasteiger partial charge is 0.469 e. The lowest BCUT2D eigenvalue weighted by Crippen LogP contribution is -1.98. The lowest BCUT2D eigenvalue weighted by molar-refractivity contribution is -0.140. The molecule has 0 unspecified atom stereocenters. The number of ketones is 1. The Hall–Kier alpha value is -1.38. The second kappa shape index (κ2) is 7.82. The van der Waals surface area contributed by atoms with Crippen molar-refractivity contribution in [2.75, 3.05) is 7.11 Å². The lowest BCUT2D eigenvalue weighted by atomic mass is 10.1. The quantitative estimate of drug-likeness (QED) is 0.388. The van der Waals surface area contributed by atoms with Crippen LogP contribution in [0.1, 0.15) is 44.9 Å². The summed E-state index contributed by atoms with van der Waals surface area (Å²) in [6.45, 7) is 0. The van der Waals surface area contributed by atoms with Gasteiger partial charge in [0, 0.05) is 12.8 Å². The van der Waals surface area contributed by atoms with E-state index >= 15 is 0 Å². The predicted octanol–water partition coefficient (Wildman–Crippen LogP) is 2.96. The summed E-state index contributed by atoms with van der Waals surface area (Å²) < 4.78 is 4.56. The van der Waals surface area contributed by atoms with Crippen LogP contribution in [0.5, 0.6) is 0 Å². The smallest absolute Gasteiger partial charge is 0.305 e. The molecular formula is C14H20O3. The molecule has 0 radical (unpaired) electrons. The minimum absolute atomic E-state index is 0.143. The van der Waals surface area contributed by atoms with Crippen molar-refractivity contribution in [1.29, 1.82) is 0 Å². The number of methoxy groups -OCH3 is 1. The fourth-order valence-electron chi connectivity index (χ4n) is 1.81. The molecule has 3 heteroatoms. The summed E-state index contributed by atoms with van der Waals surface area (Å²) in [7, 11) is 1.41. The third-order valence-corrected chi connectivity index (χ3v) is 2.85. The molecule has 94 valence electrons. The summed E-state index contributed by atoms with van der Waals surface area (Å²) in [5.41, 5.74) is 0.954. The molecule has 0 atom stereocenters. The Balaban J connectivity index is 2.03. The van der Waals surface area contributed by atoms with Crippen LogP contribution in [-0.4, -0.2) is 18.9 Å². The van der Waals surface area contributed by atoms with Gasteiger partial charge in [-0.15, -0.1) is 0 Å². The first-order chi connectivity index (χ1) is 8.24. The Kier molecular flexibility index (Phi) is 6.30. The molecule has 3 nitrogen and oxygen atoms in total. The van der Waals surface area contributed by atoms with Gasteiger partial charge in [0.25, 0.3) is 0 Å². The minimum Gasteiger partial charge on any atom is -0.469 e. The molecule has 0 amide bonds. The highest BCUT2D eigenvalue weighted by Crippen LogP contribution is 2.17. The monoisotopic (exact) mass is 236 g/mol. The van der Waals surface area contributed by atoms with E-state index in [0.717, 1.165) is 37.7 Å². The van der Waals surface area contributed by atoms with E-state index in [1.165, 1.54) is 7.11 Å². The molecule has 0 aliphatic heterocycles. The molecular weight excluding hydrogens is 216 g/mol. The Morgan fingerprint density at radius 3 is 2.88 bits per heavy atom. The lowest BCUT2D eigenvalue weighted by Gasteiger charge is -1.97. The van der Waals surface area contributed by atoms with Crippen molar-refractivity contribution in [2.45, 2.75) is 44.9 Å². The molecule has 0 fully saturated rings. The first-order valence-corrected chi connectivity index (χ1v) is 6.18. The molecule has 1 aliphatic rings. The first kappa shape index (κ1) is 13.7. The van der Waals surface area contributed by atoms with Crippen LogP contribution in [0.25, 0.3) is 0 Å². The second-order valence-corrected chi connectivity index (χ2v) is 4.19. The molecule has 0 aromatic rings. The molecule has 0 bridgehead atoms. The average Bonchev–Trinajstić information content (AvgIpc) is 2.73. The number of hydrogen-bond acceptors (Lipinski definition) is 3. The molecule has 0 heterocycles. The number of carbonyl (C=O) groups excluding carboxylic acids is 2. The molecule has 1 aliphatic carbocycles. The van der Waals surface area contributed by atoms with Gasteiger partial charge >= 0.3 is 5.97 Å². The highest BCUT2D eigenvalue weighted by Gasteiger charge is 2.12. The zero-order chi connectivity index (χ0) is 12.5. The summed E-state index contributed by atoms with van der Waals surface area (Å²) in [6, 6.07) is 0. The van der Waals surface area contributed by atoms with Gasteiger partial charge < -0.3 is 4.74 Å². The number of allylic oxidation sites excluding steroid dienone is 4.